The Hall–Kier alpha value is -1.65. The van der Waals surface area contributed by atoms with Gasteiger partial charge in [0.1, 0.15) is 11.6 Å². The van der Waals surface area contributed by atoms with Crippen LogP contribution in [-0.2, 0) is 0 Å². The lowest BCUT2D eigenvalue weighted by molar-refractivity contribution is 0.0391. The SMILES string of the molecule is Nc1ncc(F)cc1C(=O)N1CCCC2CCCCC21. The van der Waals surface area contributed by atoms with Gasteiger partial charge in [0, 0.05) is 12.6 Å². The predicted octanol–water partition coefficient (Wildman–Crippen LogP) is 2.60. The number of nitrogens with zero attached hydrogens (tertiary/aromatic N) is 2. The number of hydrogen-bond donors (Lipinski definition) is 1. The molecule has 1 amide bonds. The fourth-order valence-electron chi connectivity index (χ4n) is 3.65. The molecule has 3 rings (SSSR count). The normalized spacial score (nSPS) is 26.1. The van der Waals surface area contributed by atoms with Gasteiger partial charge in [-0.3, -0.25) is 4.79 Å². The number of amides is 1. The maximum atomic E-state index is 13.3. The molecule has 2 N–H and O–H groups in total. The van der Waals surface area contributed by atoms with E-state index in [1.54, 1.807) is 0 Å². The second kappa shape index (κ2) is 5.38. The standard InChI is InChI=1S/C15H20FN3O/c16-11-8-12(14(17)18-9-11)15(20)19-7-3-5-10-4-1-2-6-13(10)19/h8-10,13H,1-7H2,(H2,17,18). The van der Waals surface area contributed by atoms with Gasteiger partial charge < -0.3 is 10.6 Å². The number of halogens is 1. The number of pyridine rings is 1. The summed E-state index contributed by atoms with van der Waals surface area (Å²) in [4.78, 5) is 18.3. The van der Waals surface area contributed by atoms with Crippen LogP contribution in [0.5, 0.6) is 0 Å². The van der Waals surface area contributed by atoms with Crippen LogP contribution in [0.3, 0.4) is 0 Å². The van der Waals surface area contributed by atoms with Crippen LogP contribution in [0, 0.1) is 11.7 Å². The Morgan fingerprint density at radius 3 is 2.90 bits per heavy atom. The van der Waals surface area contributed by atoms with Crippen LogP contribution in [0.4, 0.5) is 10.2 Å². The lowest BCUT2D eigenvalue weighted by Crippen LogP contribution is -2.49. The van der Waals surface area contributed by atoms with Crippen LogP contribution in [0.2, 0.25) is 0 Å². The summed E-state index contributed by atoms with van der Waals surface area (Å²) in [5.41, 5.74) is 5.94. The maximum Gasteiger partial charge on any atom is 0.257 e. The highest BCUT2D eigenvalue weighted by molar-refractivity contribution is 5.98. The molecular formula is C15H20FN3O. The minimum atomic E-state index is -0.514. The average molecular weight is 277 g/mol. The van der Waals surface area contributed by atoms with Gasteiger partial charge in [-0.1, -0.05) is 12.8 Å². The van der Waals surface area contributed by atoms with E-state index in [4.69, 9.17) is 5.73 Å². The van der Waals surface area contributed by atoms with Crippen LogP contribution in [0.1, 0.15) is 48.9 Å². The van der Waals surface area contributed by atoms with Crippen molar-refractivity contribution in [3.05, 3.63) is 23.6 Å². The Morgan fingerprint density at radius 1 is 1.30 bits per heavy atom. The summed E-state index contributed by atoms with van der Waals surface area (Å²) in [5, 5.41) is 0. The van der Waals surface area contributed by atoms with E-state index in [2.05, 4.69) is 4.98 Å². The largest absolute Gasteiger partial charge is 0.383 e. The Labute approximate surface area is 118 Å². The number of hydrogen-bond acceptors (Lipinski definition) is 3. The number of piperidine rings is 1. The van der Waals surface area contributed by atoms with E-state index in [1.807, 2.05) is 4.90 Å². The molecule has 1 aromatic heterocycles. The van der Waals surface area contributed by atoms with Crippen molar-refractivity contribution in [2.75, 3.05) is 12.3 Å². The molecule has 2 aliphatic rings. The van der Waals surface area contributed by atoms with Crippen LogP contribution in [0.25, 0.3) is 0 Å². The third-order valence-corrected chi connectivity index (χ3v) is 4.62. The zero-order valence-electron chi connectivity index (χ0n) is 11.5. The third kappa shape index (κ3) is 2.37. The number of fused-ring (bicyclic) bond motifs is 1. The lowest BCUT2D eigenvalue weighted by atomic mass is 9.78. The number of carbonyl (C=O) groups excluding carboxylic acids is 1. The summed E-state index contributed by atoms with van der Waals surface area (Å²) >= 11 is 0. The fraction of sp³-hybridized carbons (Fsp3) is 0.600. The van der Waals surface area contributed by atoms with Crippen molar-refractivity contribution in [1.82, 2.24) is 9.88 Å². The van der Waals surface area contributed by atoms with E-state index in [0.29, 0.717) is 12.0 Å². The van der Waals surface area contributed by atoms with Crippen molar-refractivity contribution in [1.29, 1.82) is 0 Å². The Morgan fingerprint density at radius 2 is 2.05 bits per heavy atom. The highest BCUT2D eigenvalue weighted by atomic mass is 19.1. The van der Waals surface area contributed by atoms with Crippen molar-refractivity contribution in [3.63, 3.8) is 0 Å². The molecule has 1 aliphatic carbocycles. The first-order valence-electron chi connectivity index (χ1n) is 7.39. The molecule has 2 unspecified atom stereocenters. The van der Waals surface area contributed by atoms with E-state index in [0.717, 1.165) is 25.6 Å². The van der Waals surface area contributed by atoms with Crippen molar-refractivity contribution >= 4 is 11.7 Å². The fourth-order valence-corrected chi connectivity index (χ4v) is 3.65. The maximum absolute atomic E-state index is 13.3. The molecule has 5 heteroatoms. The molecule has 108 valence electrons. The molecule has 1 aliphatic heterocycles. The van der Waals surface area contributed by atoms with Gasteiger partial charge in [-0.2, -0.15) is 0 Å². The molecule has 2 heterocycles. The van der Waals surface area contributed by atoms with Crippen molar-refractivity contribution < 1.29 is 9.18 Å². The second-order valence-corrected chi connectivity index (χ2v) is 5.84. The number of anilines is 1. The van der Waals surface area contributed by atoms with Crippen LogP contribution in [0.15, 0.2) is 12.3 Å². The van der Waals surface area contributed by atoms with Crippen LogP contribution in [-0.4, -0.2) is 28.4 Å². The minimum absolute atomic E-state index is 0.120. The van der Waals surface area contributed by atoms with Gasteiger partial charge in [0.15, 0.2) is 0 Å². The van der Waals surface area contributed by atoms with E-state index >= 15 is 0 Å². The minimum Gasteiger partial charge on any atom is -0.383 e. The highest BCUT2D eigenvalue weighted by Gasteiger charge is 2.36. The molecule has 2 atom stereocenters. The van der Waals surface area contributed by atoms with Crippen molar-refractivity contribution in [2.45, 2.75) is 44.6 Å². The van der Waals surface area contributed by atoms with Crippen molar-refractivity contribution in [3.8, 4) is 0 Å². The molecule has 0 aromatic carbocycles. The summed E-state index contributed by atoms with van der Waals surface area (Å²) < 4.78 is 13.3. The second-order valence-electron chi connectivity index (χ2n) is 5.84. The Bertz CT molecular complexity index is 518. The van der Waals surface area contributed by atoms with Gasteiger partial charge >= 0.3 is 0 Å². The quantitative estimate of drug-likeness (QED) is 0.858. The van der Waals surface area contributed by atoms with E-state index in [9.17, 15) is 9.18 Å². The number of likely N-dealkylation sites (tertiary alicyclic amines) is 1. The lowest BCUT2D eigenvalue weighted by Gasteiger charge is -2.44. The van der Waals surface area contributed by atoms with Gasteiger partial charge in [-0.15, -0.1) is 0 Å². The van der Waals surface area contributed by atoms with Gasteiger partial charge in [0.25, 0.3) is 5.91 Å². The monoisotopic (exact) mass is 277 g/mol. The molecule has 0 radical (unpaired) electrons. The van der Waals surface area contributed by atoms with Gasteiger partial charge in [0.05, 0.1) is 11.8 Å². The summed E-state index contributed by atoms with van der Waals surface area (Å²) in [7, 11) is 0. The molecule has 20 heavy (non-hydrogen) atoms. The first-order valence-corrected chi connectivity index (χ1v) is 7.39. The van der Waals surface area contributed by atoms with E-state index in [1.165, 1.54) is 31.7 Å². The number of carbonyl (C=O) groups is 1. The number of nitrogens with two attached hydrogens (primary N) is 1. The van der Waals surface area contributed by atoms with Crippen LogP contribution >= 0.6 is 0 Å². The molecule has 0 bridgehead atoms. The van der Waals surface area contributed by atoms with Gasteiger partial charge in [-0.25, -0.2) is 9.37 Å². The first-order chi connectivity index (χ1) is 9.66. The zero-order valence-corrected chi connectivity index (χ0v) is 11.5. The third-order valence-electron chi connectivity index (χ3n) is 4.62. The molecule has 1 saturated carbocycles. The van der Waals surface area contributed by atoms with Crippen molar-refractivity contribution in [2.24, 2.45) is 5.92 Å². The summed E-state index contributed by atoms with van der Waals surface area (Å²) in [6.07, 6.45) is 7.95. The number of nitrogen functional groups attached to an aromatic ring is 1. The molecule has 2 fully saturated rings. The summed E-state index contributed by atoms with van der Waals surface area (Å²) in [6.45, 7) is 0.746. The topological polar surface area (TPSA) is 59.2 Å². The first kappa shape index (κ1) is 13.3. The Kier molecular flexibility index (Phi) is 3.59. The van der Waals surface area contributed by atoms with E-state index in [-0.39, 0.29) is 17.3 Å². The molecule has 1 aromatic rings. The van der Waals surface area contributed by atoms with E-state index < -0.39 is 5.82 Å². The predicted molar refractivity (Wildman–Crippen MR) is 74.6 cm³/mol. The molecule has 1 saturated heterocycles. The Balaban J connectivity index is 1.87. The highest BCUT2D eigenvalue weighted by Crippen LogP contribution is 2.36. The number of aromatic nitrogens is 1. The molecule has 0 spiro atoms. The summed E-state index contributed by atoms with van der Waals surface area (Å²) in [6, 6.07) is 1.50. The van der Waals surface area contributed by atoms with Gasteiger partial charge in [0.2, 0.25) is 0 Å². The molecule has 4 nitrogen and oxygen atoms in total. The van der Waals surface area contributed by atoms with Gasteiger partial charge in [-0.05, 0) is 37.7 Å². The van der Waals surface area contributed by atoms with Crippen LogP contribution < -0.4 is 5.73 Å². The molecular weight excluding hydrogens is 257 g/mol. The number of rotatable bonds is 1. The smallest absolute Gasteiger partial charge is 0.257 e. The zero-order chi connectivity index (χ0) is 14.1. The summed E-state index contributed by atoms with van der Waals surface area (Å²) in [5.74, 6) is 0.0457. The average Bonchev–Trinajstić information content (AvgIpc) is 2.48.